The molecular formula is C12H22N2O2. The molecule has 2 aliphatic heterocycles. The maximum Gasteiger partial charge on any atom is 0.241 e. The average Bonchev–Trinajstić information content (AvgIpc) is 2.61. The van der Waals surface area contributed by atoms with Crippen LogP contribution < -0.4 is 5.32 Å². The van der Waals surface area contributed by atoms with Crippen LogP contribution in [-0.4, -0.2) is 42.8 Å². The van der Waals surface area contributed by atoms with E-state index in [1.807, 2.05) is 4.90 Å². The van der Waals surface area contributed by atoms with Gasteiger partial charge in [0.1, 0.15) is 0 Å². The van der Waals surface area contributed by atoms with Gasteiger partial charge in [0.05, 0.1) is 25.4 Å². The summed E-state index contributed by atoms with van der Waals surface area (Å²) in [6.45, 7) is 6.57. The van der Waals surface area contributed by atoms with Crippen LogP contribution in [0.3, 0.4) is 0 Å². The second-order valence-corrected chi connectivity index (χ2v) is 5.22. The van der Waals surface area contributed by atoms with Crippen LogP contribution >= 0.6 is 0 Å². The third-order valence-corrected chi connectivity index (χ3v) is 3.37. The summed E-state index contributed by atoms with van der Waals surface area (Å²) in [5, 5.41) is 3.31. The second kappa shape index (κ2) is 5.15. The van der Waals surface area contributed by atoms with E-state index in [-0.39, 0.29) is 11.9 Å². The Balaban J connectivity index is 1.90. The Kier molecular flexibility index (Phi) is 3.82. The van der Waals surface area contributed by atoms with Gasteiger partial charge in [-0.15, -0.1) is 0 Å². The van der Waals surface area contributed by atoms with Crippen molar-refractivity contribution < 1.29 is 9.53 Å². The minimum atomic E-state index is 0.0296. The molecule has 2 fully saturated rings. The molecule has 0 aromatic rings. The molecule has 0 radical (unpaired) electrons. The summed E-state index contributed by atoms with van der Waals surface area (Å²) < 4.78 is 5.44. The number of nitrogens with zero attached hydrogens (tertiary/aromatic N) is 1. The number of carbonyl (C=O) groups excluding carboxylic acids is 1. The largest absolute Gasteiger partial charge is 0.379 e. The van der Waals surface area contributed by atoms with Crippen molar-refractivity contribution in [1.82, 2.24) is 10.2 Å². The van der Waals surface area contributed by atoms with Gasteiger partial charge in [-0.3, -0.25) is 10.1 Å². The van der Waals surface area contributed by atoms with E-state index in [2.05, 4.69) is 19.2 Å². The number of amides is 1. The first-order chi connectivity index (χ1) is 7.68. The van der Waals surface area contributed by atoms with Crippen LogP contribution in [0.2, 0.25) is 0 Å². The van der Waals surface area contributed by atoms with Crippen LogP contribution in [0.4, 0.5) is 0 Å². The minimum Gasteiger partial charge on any atom is -0.379 e. The Hall–Kier alpha value is -0.610. The van der Waals surface area contributed by atoms with Crippen LogP contribution in [0.1, 0.15) is 33.1 Å². The molecule has 0 saturated carbocycles. The van der Waals surface area contributed by atoms with Gasteiger partial charge < -0.3 is 9.64 Å². The molecule has 2 saturated heterocycles. The molecule has 1 N–H and O–H groups in total. The molecule has 0 aliphatic carbocycles. The Bertz CT molecular complexity index is 249. The maximum absolute atomic E-state index is 12.1. The van der Waals surface area contributed by atoms with Crippen LogP contribution in [0.25, 0.3) is 0 Å². The van der Waals surface area contributed by atoms with Crippen LogP contribution in [-0.2, 0) is 9.53 Å². The Morgan fingerprint density at radius 1 is 1.56 bits per heavy atom. The molecule has 16 heavy (non-hydrogen) atoms. The molecule has 0 spiro atoms. The van der Waals surface area contributed by atoms with E-state index in [0.29, 0.717) is 25.2 Å². The van der Waals surface area contributed by atoms with Gasteiger partial charge in [-0.25, -0.2) is 0 Å². The Morgan fingerprint density at radius 2 is 2.38 bits per heavy atom. The monoisotopic (exact) mass is 226 g/mol. The fourth-order valence-corrected chi connectivity index (χ4v) is 2.51. The molecule has 2 unspecified atom stereocenters. The number of hydrogen-bond acceptors (Lipinski definition) is 3. The van der Waals surface area contributed by atoms with E-state index in [1.165, 1.54) is 0 Å². The highest BCUT2D eigenvalue weighted by atomic mass is 16.5. The zero-order valence-corrected chi connectivity index (χ0v) is 10.2. The van der Waals surface area contributed by atoms with Gasteiger partial charge in [-0.2, -0.15) is 0 Å². The van der Waals surface area contributed by atoms with Gasteiger partial charge in [0, 0.05) is 6.61 Å². The highest BCUT2D eigenvalue weighted by molar-refractivity contribution is 5.84. The third-order valence-electron chi connectivity index (χ3n) is 3.37. The summed E-state index contributed by atoms with van der Waals surface area (Å²) in [5.74, 6) is 0.827. The van der Waals surface area contributed by atoms with Gasteiger partial charge in [-0.1, -0.05) is 13.8 Å². The second-order valence-electron chi connectivity index (χ2n) is 5.22. The predicted molar refractivity (Wildman–Crippen MR) is 61.9 cm³/mol. The number of carbonyl (C=O) groups is 1. The number of ether oxygens (including phenoxy) is 1. The molecule has 0 bridgehead atoms. The molecule has 1 amide bonds. The van der Waals surface area contributed by atoms with Crippen LogP contribution in [0, 0.1) is 5.92 Å². The first-order valence-corrected chi connectivity index (χ1v) is 6.30. The van der Waals surface area contributed by atoms with Crippen molar-refractivity contribution in [2.45, 2.75) is 45.2 Å². The topological polar surface area (TPSA) is 41.6 Å². The van der Waals surface area contributed by atoms with Crippen molar-refractivity contribution in [1.29, 1.82) is 0 Å². The summed E-state index contributed by atoms with van der Waals surface area (Å²) in [6.07, 6.45) is 3.09. The summed E-state index contributed by atoms with van der Waals surface area (Å²) in [6, 6.07) is 0.327. The van der Waals surface area contributed by atoms with E-state index in [1.54, 1.807) is 0 Å². The first kappa shape index (κ1) is 11.9. The molecule has 2 aliphatic rings. The highest BCUT2D eigenvalue weighted by Gasteiger charge is 2.36. The lowest BCUT2D eigenvalue weighted by Crippen LogP contribution is -2.43. The zero-order chi connectivity index (χ0) is 11.5. The molecule has 2 heterocycles. The lowest BCUT2D eigenvalue weighted by Gasteiger charge is -2.30. The molecule has 2 atom stereocenters. The van der Waals surface area contributed by atoms with E-state index < -0.39 is 0 Å². The molecule has 0 aromatic carbocycles. The van der Waals surface area contributed by atoms with E-state index in [0.717, 1.165) is 25.9 Å². The smallest absolute Gasteiger partial charge is 0.241 e. The fraction of sp³-hybridized carbons (Fsp3) is 0.917. The van der Waals surface area contributed by atoms with Crippen molar-refractivity contribution >= 4 is 5.91 Å². The predicted octanol–water partition coefficient (Wildman–Crippen LogP) is 0.969. The van der Waals surface area contributed by atoms with Crippen molar-refractivity contribution in [2.75, 3.05) is 19.9 Å². The van der Waals surface area contributed by atoms with Gasteiger partial charge in [-0.05, 0) is 25.2 Å². The van der Waals surface area contributed by atoms with Gasteiger partial charge in [0.2, 0.25) is 5.91 Å². The van der Waals surface area contributed by atoms with Gasteiger partial charge in [0.25, 0.3) is 0 Å². The van der Waals surface area contributed by atoms with Crippen LogP contribution in [0.5, 0.6) is 0 Å². The SMILES string of the molecule is CC(C)CC1NCN(C2CCCOC2)C1=O. The molecular weight excluding hydrogens is 204 g/mol. The molecule has 2 rings (SSSR count). The molecule has 4 heteroatoms. The zero-order valence-electron chi connectivity index (χ0n) is 10.2. The van der Waals surface area contributed by atoms with Crippen LogP contribution in [0.15, 0.2) is 0 Å². The first-order valence-electron chi connectivity index (χ1n) is 6.30. The lowest BCUT2D eigenvalue weighted by atomic mass is 10.0. The van der Waals surface area contributed by atoms with E-state index in [4.69, 9.17) is 4.74 Å². The summed E-state index contributed by atoms with van der Waals surface area (Å²) in [5.41, 5.74) is 0. The maximum atomic E-state index is 12.1. The Labute approximate surface area is 97.3 Å². The molecule has 92 valence electrons. The summed E-state index contributed by atoms with van der Waals surface area (Å²) in [4.78, 5) is 14.1. The normalized spacial score (nSPS) is 31.4. The van der Waals surface area contributed by atoms with Gasteiger partial charge >= 0.3 is 0 Å². The van der Waals surface area contributed by atoms with Gasteiger partial charge in [0.15, 0.2) is 0 Å². The fourth-order valence-electron chi connectivity index (χ4n) is 2.51. The standard InChI is InChI=1S/C12H22N2O2/c1-9(2)6-11-12(15)14(8-13-11)10-4-3-5-16-7-10/h9-11,13H,3-8H2,1-2H3. The van der Waals surface area contributed by atoms with Crippen molar-refractivity contribution in [2.24, 2.45) is 5.92 Å². The number of hydrogen-bond donors (Lipinski definition) is 1. The molecule has 0 aromatic heterocycles. The van der Waals surface area contributed by atoms with E-state index in [9.17, 15) is 4.79 Å². The minimum absolute atomic E-state index is 0.0296. The molecule has 4 nitrogen and oxygen atoms in total. The lowest BCUT2D eigenvalue weighted by molar-refractivity contribution is -0.133. The Morgan fingerprint density at radius 3 is 3.00 bits per heavy atom. The van der Waals surface area contributed by atoms with Crippen molar-refractivity contribution in [3.05, 3.63) is 0 Å². The van der Waals surface area contributed by atoms with Crippen molar-refractivity contribution in [3.63, 3.8) is 0 Å². The third kappa shape index (κ3) is 2.55. The van der Waals surface area contributed by atoms with E-state index >= 15 is 0 Å². The van der Waals surface area contributed by atoms with Crippen molar-refractivity contribution in [3.8, 4) is 0 Å². The quantitative estimate of drug-likeness (QED) is 0.779. The number of nitrogens with one attached hydrogen (secondary N) is 1. The average molecular weight is 226 g/mol. The summed E-state index contributed by atoms with van der Waals surface area (Å²) in [7, 11) is 0. The highest BCUT2D eigenvalue weighted by Crippen LogP contribution is 2.19. The summed E-state index contributed by atoms with van der Waals surface area (Å²) >= 11 is 0. The number of rotatable bonds is 3.